The highest BCUT2D eigenvalue weighted by molar-refractivity contribution is 6.20. The van der Waals surface area contributed by atoms with Crippen LogP contribution in [0.3, 0.4) is 0 Å². The molecular formula is C16H21ClF2N2O. The molecule has 2 rings (SSSR count). The molecule has 0 saturated carbocycles. The molecule has 1 heterocycles. The number of carbonyl (C=O) groups is 1. The van der Waals surface area contributed by atoms with Crippen molar-refractivity contribution in [1.82, 2.24) is 10.4 Å². The summed E-state index contributed by atoms with van der Waals surface area (Å²) >= 11 is 6.43. The zero-order valence-corrected chi connectivity index (χ0v) is 13.5. The number of halogens is 3. The van der Waals surface area contributed by atoms with Crippen LogP contribution in [-0.4, -0.2) is 23.3 Å². The molecule has 1 unspecified atom stereocenters. The predicted octanol–water partition coefficient (Wildman–Crippen LogP) is 3.79. The summed E-state index contributed by atoms with van der Waals surface area (Å²) in [5.41, 5.74) is 2.97. The third kappa shape index (κ3) is 4.24. The molecule has 122 valence electrons. The van der Waals surface area contributed by atoms with Crippen molar-refractivity contribution in [2.24, 2.45) is 5.41 Å². The van der Waals surface area contributed by atoms with Gasteiger partial charge in [-0.2, -0.15) is 0 Å². The third-order valence-electron chi connectivity index (χ3n) is 3.97. The molecule has 22 heavy (non-hydrogen) atoms. The largest absolute Gasteiger partial charge is 0.303 e. The van der Waals surface area contributed by atoms with Gasteiger partial charge >= 0.3 is 0 Å². The Labute approximate surface area is 134 Å². The normalized spacial score (nSPS) is 21.0. The van der Waals surface area contributed by atoms with Crippen LogP contribution in [0.25, 0.3) is 0 Å². The molecule has 1 aliphatic rings. The molecule has 1 aliphatic heterocycles. The minimum absolute atomic E-state index is 0.174. The van der Waals surface area contributed by atoms with Gasteiger partial charge in [0.05, 0.1) is 11.5 Å². The Bertz CT molecular complexity index is 519. The molecule has 1 aromatic rings. The summed E-state index contributed by atoms with van der Waals surface area (Å²) in [4.78, 5) is 11.0. The minimum atomic E-state index is -0.588. The van der Waals surface area contributed by atoms with Gasteiger partial charge in [-0.3, -0.25) is 5.43 Å². The second-order valence-corrected chi connectivity index (χ2v) is 6.91. The smallest absolute Gasteiger partial charge is 0.126 e. The van der Waals surface area contributed by atoms with Gasteiger partial charge in [0.1, 0.15) is 17.9 Å². The second-order valence-electron chi connectivity index (χ2n) is 6.40. The van der Waals surface area contributed by atoms with Gasteiger partial charge in [0.15, 0.2) is 0 Å². The van der Waals surface area contributed by atoms with E-state index in [9.17, 15) is 13.6 Å². The molecule has 1 fully saturated rings. The van der Waals surface area contributed by atoms with Gasteiger partial charge in [0.2, 0.25) is 0 Å². The zero-order valence-electron chi connectivity index (χ0n) is 12.8. The van der Waals surface area contributed by atoms with Gasteiger partial charge < -0.3 is 4.79 Å². The lowest BCUT2D eigenvalue weighted by Gasteiger charge is -2.30. The van der Waals surface area contributed by atoms with Gasteiger partial charge in [-0.25, -0.2) is 13.8 Å². The van der Waals surface area contributed by atoms with Crippen molar-refractivity contribution >= 4 is 17.9 Å². The molecule has 0 bridgehead atoms. The van der Waals surface area contributed by atoms with E-state index in [1.54, 1.807) is 0 Å². The van der Waals surface area contributed by atoms with Gasteiger partial charge in [-0.05, 0) is 37.0 Å². The lowest BCUT2D eigenvalue weighted by Crippen LogP contribution is -2.39. The number of aldehydes is 1. The fourth-order valence-electron chi connectivity index (χ4n) is 2.66. The second kappa shape index (κ2) is 7.02. The molecule has 0 aromatic heterocycles. The Morgan fingerprint density at radius 3 is 2.64 bits per heavy atom. The first-order chi connectivity index (χ1) is 10.3. The van der Waals surface area contributed by atoms with E-state index >= 15 is 0 Å². The number of rotatable bonds is 6. The summed E-state index contributed by atoms with van der Waals surface area (Å²) < 4.78 is 26.8. The van der Waals surface area contributed by atoms with Crippen LogP contribution in [0.4, 0.5) is 8.78 Å². The minimum Gasteiger partial charge on any atom is -0.303 e. The van der Waals surface area contributed by atoms with Crippen LogP contribution >= 0.6 is 11.6 Å². The SMILES string of the molecule is CC(C)(C=O)CCC(Cl)N1NCC[C@@H]1c1cc(F)cc(F)c1. The number of alkyl halides is 1. The summed E-state index contributed by atoms with van der Waals surface area (Å²) in [6, 6.07) is 3.37. The summed E-state index contributed by atoms with van der Waals surface area (Å²) in [5, 5.41) is 1.83. The Morgan fingerprint density at radius 2 is 2.05 bits per heavy atom. The Balaban J connectivity index is 2.08. The molecule has 0 amide bonds. The number of nitrogens with one attached hydrogen (secondary N) is 1. The van der Waals surface area contributed by atoms with E-state index in [0.717, 1.165) is 18.8 Å². The van der Waals surface area contributed by atoms with E-state index in [0.29, 0.717) is 24.9 Å². The molecular weight excluding hydrogens is 310 g/mol. The number of carbonyl (C=O) groups excluding carboxylic acids is 1. The molecule has 3 nitrogen and oxygen atoms in total. The molecule has 1 saturated heterocycles. The van der Waals surface area contributed by atoms with Crippen molar-refractivity contribution in [3.05, 3.63) is 35.4 Å². The maximum atomic E-state index is 13.4. The van der Waals surface area contributed by atoms with Crippen LogP contribution in [0.2, 0.25) is 0 Å². The Kier molecular flexibility index (Phi) is 5.53. The highest BCUT2D eigenvalue weighted by atomic mass is 35.5. The Morgan fingerprint density at radius 1 is 1.41 bits per heavy atom. The first-order valence-corrected chi connectivity index (χ1v) is 7.84. The summed E-state index contributed by atoms with van der Waals surface area (Å²) in [5.74, 6) is -1.18. The maximum Gasteiger partial charge on any atom is 0.126 e. The van der Waals surface area contributed by atoms with Crippen LogP contribution in [0.5, 0.6) is 0 Å². The fraction of sp³-hybridized carbons (Fsp3) is 0.562. The molecule has 6 heteroatoms. The number of nitrogens with zero attached hydrogens (tertiary/aromatic N) is 1. The van der Waals surface area contributed by atoms with Crippen molar-refractivity contribution in [3.8, 4) is 0 Å². The van der Waals surface area contributed by atoms with E-state index in [2.05, 4.69) is 5.43 Å². The molecule has 1 aromatic carbocycles. The number of hydrogen-bond donors (Lipinski definition) is 1. The standard InChI is InChI=1S/C16H21ClF2N2O/c1-16(2,10-22)5-3-15(17)21-14(4-6-20-21)11-7-12(18)9-13(19)8-11/h7-10,14-15,20H,3-6H2,1-2H3/t14-,15?/m1/s1. The van der Waals surface area contributed by atoms with Crippen LogP contribution < -0.4 is 5.43 Å². The third-order valence-corrected chi connectivity index (χ3v) is 4.39. The van der Waals surface area contributed by atoms with Crippen molar-refractivity contribution in [1.29, 1.82) is 0 Å². The average Bonchev–Trinajstić information content (AvgIpc) is 2.93. The van der Waals surface area contributed by atoms with Crippen molar-refractivity contribution in [2.45, 2.75) is 44.7 Å². The van der Waals surface area contributed by atoms with Gasteiger partial charge in [0.25, 0.3) is 0 Å². The van der Waals surface area contributed by atoms with E-state index in [-0.39, 0.29) is 11.5 Å². The molecule has 0 spiro atoms. The number of benzene rings is 1. The Hall–Kier alpha value is -1.04. The average molecular weight is 331 g/mol. The quantitative estimate of drug-likeness (QED) is 0.489. The van der Waals surface area contributed by atoms with Crippen LogP contribution in [0, 0.1) is 17.0 Å². The van der Waals surface area contributed by atoms with E-state index in [4.69, 9.17) is 11.6 Å². The highest BCUT2D eigenvalue weighted by Crippen LogP contribution is 2.33. The predicted molar refractivity (Wildman–Crippen MR) is 82.3 cm³/mol. The summed E-state index contributed by atoms with van der Waals surface area (Å²) in [6.45, 7) is 4.42. The molecule has 2 atom stereocenters. The first kappa shape index (κ1) is 17.3. The summed E-state index contributed by atoms with van der Waals surface area (Å²) in [7, 11) is 0. The molecule has 0 radical (unpaired) electrons. The van der Waals surface area contributed by atoms with Crippen molar-refractivity contribution in [2.75, 3.05) is 6.54 Å². The number of hydrazine groups is 1. The van der Waals surface area contributed by atoms with Crippen LogP contribution in [-0.2, 0) is 4.79 Å². The monoisotopic (exact) mass is 330 g/mol. The zero-order chi connectivity index (χ0) is 16.3. The van der Waals surface area contributed by atoms with Gasteiger partial charge in [-0.15, -0.1) is 11.6 Å². The summed E-state index contributed by atoms with van der Waals surface area (Å²) in [6.07, 6.45) is 2.90. The van der Waals surface area contributed by atoms with E-state index < -0.39 is 17.0 Å². The number of hydrogen-bond acceptors (Lipinski definition) is 3. The van der Waals surface area contributed by atoms with Gasteiger partial charge in [-0.1, -0.05) is 13.8 Å². The van der Waals surface area contributed by atoms with E-state index in [1.807, 2.05) is 18.9 Å². The first-order valence-electron chi connectivity index (χ1n) is 7.40. The van der Waals surface area contributed by atoms with Crippen molar-refractivity contribution < 1.29 is 13.6 Å². The fourth-order valence-corrected chi connectivity index (χ4v) is 2.97. The van der Waals surface area contributed by atoms with Crippen LogP contribution in [0.1, 0.15) is 44.7 Å². The molecule has 1 N–H and O–H groups in total. The highest BCUT2D eigenvalue weighted by Gasteiger charge is 2.32. The molecule has 0 aliphatic carbocycles. The topological polar surface area (TPSA) is 32.3 Å². The lowest BCUT2D eigenvalue weighted by atomic mass is 9.89. The van der Waals surface area contributed by atoms with Gasteiger partial charge in [0, 0.05) is 18.0 Å². The maximum absolute atomic E-state index is 13.4. The lowest BCUT2D eigenvalue weighted by molar-refractivity contribution is -0.115. The van der Waals surface area contributed by atoms with E-state index in [1.165, 1.54) is 12.1 Å². The van der Waals surface area contributed by atoms with Crippen molar-refractivity contribution in [3.63, 3.8) is 0 Å². The van der Waals surface area contributed by atoms with Crippen LogP contribution in [0.15, 0.2) is 18.2 Å².